The Balaban J connectivity index is 2.33. The van der Waals surface area contributed by atoms with Gasteiger partial charge in [0.05, 0.1) is 38.8 Å². The number of carboxylic acids is 1. The second-order valence-corrected chi connectivity index (χ2v) is 23.3. The van der Waals surface area contributed by atoms with E-state index >= 15 is 4.79 Å². The second kappa shape index (κ2) is 43.2. The molecule has 0 radical (unpaired) electrons. The first-order valence-electron chi connectivity index (χ1n) is 31.2. The average molecular weight is 1350 g/mol. The number of aliphatic hydroxyl groups is 2. The number of thiol groups is 1. The van der Waals surface area contributed by atoms with E-state index in [1.54, 1.807) is 25.7 Å². The van der Waals surface area contributed by atoms with Gasteiger partial charge in [0.25, 0.3) is 0 Å². The van der Waals surface area contributed by atoms with Crippen LogP contribution in [0.1, 0.15) is 117 Å². The van der Waals surface area contributed by atoms with Crippen molar-refractivity contribution in [2.45, 2.75) is 185 Å². The zero-order valence-electron chi connectivity index (χ0n) is 53.9. The first kappa shape index (κ1) is 81.4. The summed E-state index contributed by atoms with van der Waals surface area (Å²) in [5.41, 5.74) is 28.3. The molecule has 1 aromatic rings. The van der Waals surface area contributed by atoms with Gasteiger partial charge in [0.2, 0.25) is 65.0 Å². The maximum absolute atomic E-state index is 15.0. The van der Waals surface area contributed by atoms with Crippen LogP contribution in [0.15, 0.2) is 40.3 Å². The molecule has 1 fully saturated rings. The van der Waals surface area contributed by atoms with Crippen molar-refractivity contribution in [3.8, 4) is 0 Å². The number of rotatable bonds is 43. The predicted molar refractivity (Wildman–Crippen MR) is 348 cm³/mol. The van der Waals surface area contributed by atoms with Gasteiger partial charge in [-0.25, -0.2) is 0 Å². The summed E-state index contributed by atoms with van der Waals surface area (Å²) in [7, 11) is 0. The summed E-state index contributed by atoms with van der Waals surface area (Å²) in [4.78, 5) is 184. The average Bonchev–Trinajstić information content (AvgIpc) is 0.949. The second-order valence-electron chi connectivity index (χ2n) is 22.9. The van der Waals surface area contributed by atoms with E-state index in [0.717, 1.165) is 31.1 Å². The van der Waals surface area contributed by atoms with E-state index in [1.807, 2.05) is 37.3 Å². The van der Waals surface area contributed by atoms with Crippen LogP contribution in [0.4, 0.5) is 0 Å². The Labute approximate surface area is 551 Å². The molecule has 35 heteroatoms. The monoisotopic (exact) mass is 1350 g/mol. The number of benzene rings is 1. The Kier molecular flexibility index (Phi) is 37.4. The lowest BCUT2D eigenvalue weighted by Gasteiger charge is -2.41. The number of nitrogens with two attached hydrogens (primary N) is 5. The zero-order valence-corrected chi connectivity index (χ0v) is 54.8. The van der Waals surface area contributed by atoms with Crippen molar-refractivity contribution in [2.75, 3.05) is 45.1 Å². The third kappa shape index (κ3) is 29.1. The SMILES string of the molecule is CC[C@H](C)[C@H](NC(=O)[C@H](CCCN=C(N)N)NC(=O)CNC(=O)CNC(=O)[C@H](C)NC(=O)[C@H](CS)NC(=O)[C@H](CO)NC(=O)[C@@H](N)CO)C(=O)N[C@@H](CC(=O)O)C(=O)N[C@@H](CCCN=C(N)N)C(=O)N[C@H](C(=O)N(C1CCCCC1)[C@H](C=O)Cc1ccccc1)[C@@H](C)CC. The quantitative estimate of drug-likeness (QED) is 0.00951. The van der Waals surface area contributed by atoms with Crippen LogP contribution in [-0.2, 0) is 68.7 Å². The smallest absolute Gasteiger partial charge is 0.305 e. The normalized spacial score (nSPS) is 15.9. The molecule has 2 rings (SSSR count). The van der Waals surface area contributed by atoms with Crippen LogP contribution in [0.2, 0.25) is 0 Å². The molecule has 1 aromatic carbocycles. The Bertz CT molecular complexity index is 2750. The molecule has 1 aliphatic carbocycles. The van der Waals surface area contributed by atoms with E-state index in [0.29, 0.717) is 19.3 Å². The van der Waals surface area contributed by atoms with Crippen molar-refractivity contribution in [1.82, 2.24) is 58.1 Å². The predicted octanol–water partition coefficient (Wildman–Crippen LogP) is -6.00. The summed E-state index contributed by atoms with van der Waals surface area (Å²) in [5.74, 6) is -13.7. The number of amides is 11. The summed E-state index contributed by atoms with van der Waals surface area (Å²) < 4.78 is 0. The van der Waals surface area contributed by atoms with E-state index in [1.165, 1.54) is 6.92 Å². The highest BCUT2D eigenvalue weighted by Crippen LogP contribution is 2.27. The van der Waals surface area contributed by atoms with Gasteiger partial charge in [-0.05, 0) is 69.3 Å². The number of carboxylic acid groups (broad SMARTS) is 1. The fourth-order valence-corrected chi connectivity index (χ4v) is 10.0. The number of hydrogen-bond donors (Lipinski definition) is 19. The summed E-state index contributed by atoms with van der Waals surface area (Å²) in [5, 5.41) is 52.8. The van der Waals surface area contributed by atoms with Gasteiger partial charge in [-0.1, -0.05) is 90.1 Å². The van der Waals surface area contributed by atoms with Crippen LogP contribution in [-0.4, -0.2) is 221 Å². The van der Waals surface area contributed by atoms with Gasteiger partial charge in [0.1, 0.15) is 60.7 Å². The van der Waals surface area contributed by atoms with Crippen LogP contribution in [0.25, 0.3) is 0 Å². The third-order valence-electron chi connectivity index (χ3n) is 15.6. The molecule has 0 saturated heterocycles. The largest absolute Gasteiger partial charge is 0.481 e. The first-order valence-corrected chi connectivity index (χ1v) is 31.9. The molecule has 0 aliphatic heterocycles. The lowest BCUT2D eigenvalue weighted by molar-refractivity contribution is -0.145. The van der Waals surface area contributed by atoms with Gasteiger partial charge >= 0.3 is 5.97 Å². The number of carbonyl (C=O) groups excluding carboxylic acids is 12. The van der Waals surface area contributed by atoms with E-state index in [2.05, 4.69) is 75.8 Å². The molecule has 0 spiro atoms. The van der Waals surface area contributed by atoms with Crippen molar-refractivity contribution in [1.29, 1.82) is 0 Å². The van der Waals surface area contributed by atoms with Crippen molar-refractivity contribution < 1.29 is 77.6 Å². The van der Waals surface area contributed by atoms with Crippen molar-refractivity contribution in [3.63, 3.8) is 0 Å². The summed E-state index contributed by atoms with van der Waals surface area (Å²) in [6.45, 7) is 4.88. The van der Waals surface area contributed by atoms with Crippen LogP contribution < -0.4 is 81.8 Å². The number of hydrogen-bond acceptors (Lipinski definition) is 19. The number of aliphatic carboxylic acids is 1. The van der Waals surface area contributed by atoms with Gasteiger partial charge in [-0.15, -0.1) is 0 Å². The lowest BCUT2D eigenvalue weighted by atomic mass is 9.89. The van der Waals surface area contributed by atoms with E-state index < -0.39 is 176 Å². The fraction of sp³-hybridized carbons (Fsp3) is 0.644. The molecule has 11 amide bonds. The molecular weight excluding hydrogens is 1250 g/mol. The number of nitrogens with one attached hydrogen (secondary N) is 10. The van der Waals surface area contributed by atoms with Gasteiger partial charge in [0.15, 0.2) is 11.9 Å². The van der Waals surface area contributed by atoms with Crippen LogP contribution in [0.3, 0.4) is 0 Å². The highest BCUT2D eigenvalue weighted by atomic mass is 32.1. The molecule has 0 heterocycles. The highest BCUT2D eigenvalue weighted by molar-refractivity contribution is 7.80. The number of aliphatic hydroxyl groups excluding tert-OH is 2. The molecule has 0 aromatic heterocycles. The molecule has 34 nitrogen and oxygen atoms in total. The molecule has 0 unspecified atom stereocenters. The van der Waals surface area contributed by atoms with Crippen molar-refractivity contribution in [3.05, 3.63) is 35.9 Å². The number of nitrogens with zero attached hydrogens (tertiary/aromatic N) is 3. The molecule has 0 bridgehead atoms. The van der Waals surface area contributed by atoms with E-state index in [-0.39, 0.29) is 75.3 Å². The lowest BCUT2D eigenvalue weighted by Crippen LogP contribution is -2.62. The number of aliphatic imine (C=N–C) groups is 2. The highest BCUT2D eigenvalue weighted by Gasteiger charge is 2.40. The van der Waals surface area contributed by atoms with Gasteiger partial charge in [-0.3, -0.25) is 67.5 Å². The molecule has 1 aliphatic rings. The number of guanidine groups is 2. The van der Waals surface area contributed by atoms with Crippen LogP contribution >= 0.6 is 12.6 Å². The topological polar surface area (TPSA) is 561 Å². The summed E-state index contributed by atoms with van der Waals surface area (Å²) in [6, 6.07) is -5.22. The summed E-state index contributed by atoms with van der Waals surface area (Å²) >= 11 is 4.04. The van der Waals surface area contributed by atoms with Crippen LogP contribution in [0, 0.1) is 11.8 Å². The van der Waals surface area contributed by atoms with E-state index in [4.69, 9.17) is 33.8 Å². The van der Waals surface area contributed by atoms with Crippen LogP contribution in [0.5, 0.6) is 0 Å². The maximum Gasteiger partial charge on any atom is 0.305 e. The molecule has 12 atom stereocenters. The maximum atomic E-state index is 15.0. The molecule has 23 N–H and O–H groups in total. The first-order chi connectivity index (χ1) is 44.5. The molecule has 526 valence electrons. The summed E-state index contributed by atoms with van der Waals surface area (Å²) in [6.07, 6.45) is 4.26. The Morgan fingerprint density at radius 1 is 0.596 bits per heavy atom. The van der Waals surface area contributed by atoms with Crippen molar-refractivity contribution in [2.24, 2.45) is 50.5 Å². The van der Waals surface area contributed by atoms with Gasteiger partial charge in [0, 0.05) is 24.9 Å². The minimum absolute atomic E-state index is 0.0117. The standard InChI is InChI=1S/C59H98N18O16S/c1-6-32(3)47(75-51(87)39(20-14-22-65-58(61)62)70-45(82)27-67-44(81)26-68-49(85)34(5)69-55(91)43(31-94)74-54(90)42(30-80)73-50(86)38(60)29-79)56(92)72-41(25-46(83)84)53(89)71-40(21-15-23-66-59(63)64)52(88)76-48(33(4)7-2)57(93)77(36-18-12-9-13-19-36)37(28-78)24-35-16-10-8-11-17-35/h8,10-11,16-17,28,32-34,36-43,47-48,79-80,94H,6-7,9,12-15,18-27,29-31,60H2,1-5H3,(H,67,81)(H,68,85)(H,69,91)(H,70,82)(H,71,89)(H,72,92)(H,73,86)(H,74,90)(H,75,87)(H,76,88)(H,83,84)(H4,61,62,65)(H4,63,64,66)/t32-,33-,34-,37-,38-,39-,40-,41-,42-,43-,47-,48-/m0/s1. The zero-order chi connectivity index (χ0) is 70.6. The number of aldehydes is 1. The Hall–Kier alpha value is -8.70. The van der Waals surface area contributed by atoms with E-state index in [9.17, 15) is 67.7 Å². The van der Waals surface area contributed by atoms with Gasteiger partial charge in [-0.2, -0.15) is 12.6 Å². The molecule has 94 heavy (non-hydrogen) atoms. The number of carbonyl (C=O) groups is 13. The molecule has 1 saturated carbocycles. The van der Waals surface area contributed by atoms with Crippen molar-refractivity contribution >= 4 is 102 Å². The Morgan fingerprint density at radius 3 is 1.61 bits per heavy atom. The fourth-order valence-electron chi connectivity index (χ4n) is 9.77. The molecular formula is C59H98N18O16S. The Morgan fingerprint density at radius 2 is 1.09 bits per heavy atom. The van der Waals surface area contributed by atoms with Gasteiger partial charge < -0.3 is 107 Å². The minimum atomic E-state index is -1.88. The third-order valence-corrected chi connectivity index (χ3v) is 15.9. The minimum Gasteiger partial charge on any atom is -0.481 e.